The van der Waals surface area contributed by atoms with Crippen LogP contribution in [0.4, 0.5) is 11.4 Å². The van der Waals surface area contributed by atoms with E-state index in [0.717, 1.165) is 16.9 Å². The first kappa shape index (κ1) is 10.1. The van der Waals surface area contributed by atoms with Gasteiger partial charge in [0.05, 0.1) is 11.4 Å². The van der Waals surface area contributed by atoms with Gasteiger partial charge in [0, 0.05) is 11.6 Å². The third kappa shape index (κ3) is 1.93. The van der Waals surface area contributed by atoms with E-state index in [2.05, 4.69) is 25.9 Å². The highest BCUT2D eigenvalue weighted by atomic mass is 15.5. The second kappa shape index (κ2) is 4.04. The highest BCUT2D eigenvalue weighted by Gasteiger charge is 2.18. The lowest BCUT2D eigenvalue weighted by Gasteiger charge is -2.28. The smallest absolute Gasteiger partial charge is 0.204 e. The zero-order valence-electron chi connectivity index (χ0n) is 9.35. The van der Waals surface area contributed by atoms with E-state index in [9.17, 15) is 0 Å². The van der Waals surface area contributed by atoms with Crippen molar-refractivity contribution in [3.05, 3.63) is 18.2 Å². The van der Waals surface area contributed by atoms with Gasteiger partial charge in [0.25, 0.3) is 0 Å². The van der Waals surface area contributed by atoms with Crippen molar-refractivity contribution in [2.45, 2.75) is 25.3 Å². The van der Waals surface area contributed by atoms with Crippen LogP contribution in [0.1, 0.15) is 19.3 Å². The Balaban J connectivity index is 1.89. The molecule has 0 saturated heterocycles. The number of hydrogen-bond donors (Lipinski definition) is 3. The second-order valence-electron chi connectivity index (χ2n) is 4.31. The number of nitrogens with one attached hydrogen (secondary N) is 2. The molecule has 6 heteroatoms. The van der Waals surface area contributed by atoms with E-state index in [1.807, 2.05) is 18.2 Å². The summed E-state index contributed by atoms with van der Waals surface area (Å²) in [7, 11) is 0. The van der Waals surface area contributed by atoms with E-state index in [-0.39, 0.29) is 0 Å². The maximum absolute atomic E-state index is 5.94. The van der Waals surface area contributed by atoms with Crippen molar-refractivity contribution < 1.29 is 0 Å². The molecular weight excluding hydrogens is 216 g/mol. The number of nitrogens with two attached hydrogens (primary N) is 1. The molecule has 0 amide bonds. The Labute approximate surface area is 98.6 Å². The molecule has 0 atom stereocenters. The van der Waals surface area contributed by atoms with Gasteiger partial charge in [0.2, 0.25) is 5.82 Å². The molecular formula is C11H14N6. The molecule has 0 bridgehead atoms. The van der Waals surface area contributed by atoms with E-state index < -0.39 is 0 Å². The number of rotatable bonds is 3. The summed E-state index contributed by atoms with van der Waals surface area (Å²) >= 11 is 0. The fraction of sp³-hybridized carbons (Fsp3) is 0.364. The van der Waals surface area contributed by atoms with Crippen molar-refractivity contribution in [2.24, 2.45) is 0 Å². The molecule has 17 heavy (non-hydrogen) atoms. The van der Waals surface area contributed by atoms with Crippen LogP contribution in [0.5, 0.6) is 0 Å². The SMILES string of the molecule is Nc1ccc(-c2nn[nH]n2)cc1NC1CCC1. The number of anilines is 2. The quantitative estimate of drug-likeness (QED) is 0.693. The van der Waals surface area contributed by atoms with Crippen molar-refractivity contribution >= 4 is 11.4 Å². The van der Waals surface area contributed by atoms with Gasteiger partial charge in [-0.2, -0.15) is 5.21 Å². The van der Waals surface area contributed by atoms with Crippen molar-refractivity contribution in [3.8, 4) is 11.4 Å². The summed E-state index contributed by atoms with van der Waals surface area (Å²) in [6.45, 7) is 0. The molecule has 0 unspecified atom stereocenters. The van der Waals surface area contributed by atoms with Crippen molar-refractivity contribution in [1.82, 2.24) is 20.6 Å². The maximum atomic E-state index is 5.94. The number of aromatic nitrogens is 4. The minimum atomic E-state index is 0.554. The third-order valence-corrected chi connectivity index (χ3v) is 3.12. The third-order valence-electron chi connectivity index (χ3n) is 3.12. The summed E-state index contributed by atoms with van der Waals surface area (Å²) in [5.41, 5.74) is 8.56. The summed E-state index contributed by atoms with van der Waals surface area (Å²) in [5.74, 6) is 0.585. The van der Waals surface area contributed by atoms with Crippen LogP contribution >= 0.6 is 0 Å². The molecule has 1 aliphatic rings. The van der Waals surface area contributed by atoms with Gasteiger partial charge in [-0.15, -0.1) is 10.2 Å². The number of H-pyrrole nitrogens is 1. The predicted octanol–water partition coefficient (Wildman–Crippen LogP) is 1.41. The minimum absolute atomic E-state index is 0.554. The second-order valence-corrected chi connectivity index (χ2v) is 4.31. The average Bonchev–Trinajstić information content (AvgIpc) is 2.79. The van der Waals surface area contributed by atoms with E-state index >= 15 is 0 Å². The Bertz CT molecular complexity index is 503. The van der Waals surface area contributed by atoms with Gasteiger partial charge >= 0.3 is 0 Å². The summed E-state index contributed by atoms with van der Waals surface area (Å²) in [6, 6.07) is 6.29. The number of aromatic amines is 1. The molecule has 4 N–H and O–H groups in total. The fourth-order valence-corrected chi connectivity index (χ4v) is 1.88. The van der Waals surface area contributed by atoms with E-state index in [1.54, 1.807) is 0 Å². The molecule has 88 valence electrons. The van der Waals surface area contributed by atoms with Crippen LogP contribution in [-0.4, -0.2) is 26.7 Å². The van der Waals surface area contributed by atoms with Crippen LogP contribution in [-0.2, 0) is 0 Å². The van der Waals surface area contributed by atoms with Crippen molar-refractivity contribution in [3.63, 3.8) is 0 Å². The summed E-state index contributed by atoms with van der Waals surface area (Å²) in [5, 5.41) is 17.3. The summed E-state index contributed by atoms with van der Waals surface area (Å²) in [4.78, 5) is 0. The largest absolute Gasteiger partial charge is 0.397 e. The topological polar surface area (TPSA) is 92.5 Å². The Morgan fingerprint density at radius 3 is 2.88 bits per heavy atom. The lowest BCUT2D eigenvalue weighted by molar-refractivity contribution is 0.446. The van der Waals surface area contributed by atoms with E-state index in [1.165, 1.54) is 19.3 Å². The summed E-state index contributed by atoms with van der Waals surface area (Å²) in [6.07, 6.45) is 3.72. The van der Waals surface area contributed by atoms with Crippen LogP contribution in [0.25, 0.3) is 11.4 Å². The van der Waals surface area contributed by atoms with Crippen LogP contribution < -0.4 is 11.1 Å². The maximum Gasteiger partial charge on any atom is 0.204 e. The zero-order chi connectivity index (χ0) is 11.7. The lowest BCUT2D eigenvalue weighted by atomic mass is 9.93. The van der Waals surface area contributed by atoms with Gasteiger partial charge in [-0.1, -0.05) is 0 Å². The molecule has 0 spiro atoms. The van der Waals surface area contributed by atoms with E-state index in [0.29, 0.717) is 11.9 Å². The Morgan fingerprint density at radius 2 is 2.24 bits per heavy atom. The fourth-order valence-electron chi connectivity index (χ4n) is 1.88. The molecule has 0 radical (unpaired) electrons. The monoisotopic (exact) mass is 230 g/mol. The molecule has 1 fully saturated rings. The highest BCUT2D eigenvalue weighted by Crippen LogP contribution is 2.29. The standard InChI is InChI=1S/C11H14N6/c12-9-5-4-7(11-14-16-17-15-11)6-10(9)13-8-2-1-3-8/h4-6,8,13H,1-3,12H2,(H,14,15,16,17). The van der Waals surface area contributed by atoms with Gasteiger partial charge in [-0.25, -0.2) is 0 Å². The molecule has 1 heterocycles. The first-order valence-electron chi connectivity index (χ1n) is 5.73. The van der Waals surface area contributed by atoms with Crippen molar-refractivity contribution in [2.75, 3.05) is 11.1 Å². The average molecular weight is 230 g/mol. The lowest BCUT2D eigenvalue weighted by Crippen LogP contribution is -2.27. The predicted molar refractivity (Wildman–Crippen MR) is 65.3 cm³/mol. The number of nitrogens with zero attached hydrogens (tertiary/aromatic N) is 3. The number of hydrogen-bond acceptors (Lipinski definition) is 5. The molecule has 1 aromatic carbocycles. The van der Waals surface area contributed by atoms with Crippen LogP contribution in [0.15, 0.2) is 18.2 Å². The van der Waals surface area contributed by atoms with E-state index in [4.69, 9.17) is 5.73 Å². The van der Waals surface area contributed by atoms with Crippen LogP contribution in [0.2, 0.25) is 0 Å². The molecule has 6 nitrogen and oxygen atoms in total. The molecule has 1 aliphatic carbocycles. The Morgan fingerprint density at radius 1 is 1.35 bits per heavy atom. The normalized spacial score (nSPS) is 15.5. The van der Waals surface area contributed by atoms with Gasteiger partial charge in [-0.05, 0) is 42.7 Å². The molecule has 1 aromatic heterocycles. The first-order valence-corrected chi connectivity index (χ1v) is 5.73. The van der Waals surface area contributed by atoms with Gasteiger partial charge in [0.15, 0.2) is 0 Å². The van der Waals surface area contributed by atoms with Crippen LogP contribution in [0.3, 0.4) is 0 Å². The molecule has 3 rings (SSSR count). The number of nitrogen functional groups attached to an aromatic ring is 1. The van der Waals surface area contributed by atoms with Gasteiger partial charge in [0.1, 0.15) is 0 Å². The van der Waals surface area contributed by atoms with Gasteiger partial charge < -0.3 is 11.1 Å². The molecule has 1 saturated carbocycles. The number of benzene rings is 1. The molecule has 0 aliphatic heterocycles. The first-order chi connectivity index (χ1) is 8.33. The van der Waals surface area contributed by atoms with Crippen molar-refractivity contribution in [1.29, 1.82) is 0 Å². The Hall–Kier alpha value is -2.11. The van der Waals surface area contributed by atoms with Gasteiger partial charge in [-0.3, -0.25) is 0 Å². The Kier molecular flexibility index (Phi) is 2.40. The minimum Gasteiger partial charge on any atom is -0.397 e. The number of tetrazole rings is 1. The van der Waals surface area contributed by atoms with Crippen LogP contribution in [0, 0.1) is 0 Å². The molecule has 2 aromatic rings. The summed E-state index contributed by atoms with van der Waals surface area (Å²) < 4.78 is 0. The zero-order valence-corrected chi connectivity index (χ0v) is 9.35. The highest BCUT2D eigenvalue weighted by molar-refractivity contribution is 5.73.